The Kier molecular flexibility index (Phi) is 13.7. The number of fused-ring (bicyclic) bond motifs is 1. The molecule has 2 N–H and O–H groups in total. The van der Waals surface area contributed by atoms with Gasteiger partial charge in [-0.15, -0.1) is 13.2 Å². The van der Waals surface area contributed by atoms with Gasteiger partial charge in [0, 0.05) is 13.0 Å². The molecule has 1 heterocycles. The molecule has 4 rings (SSSR count). The van der Waals surface area contributed by atoms with Gasteiger partial charge in [-0.25, -0.2) is 4.79 Å². The van der Waals surface area contributed by atoms with Crippen molar-refractivity contribution in [2.45, 2.75) is 57.3 Å². The molecule has 0 bridgehead atoms. The zero-order valence-electron chi connectivity index (χ0n) is 27.2. The molecule has 0 fully saturated rings. The van der Waals surface area contributed by atoms with Gasteiger partial charge in [0.25, 0.3) is 0 Å². The van der Waals surface area contributed by atoms with Crippen molar-refractivity contribution < 1.29 is 33.8 Å². The Labute approximate surface area is 282 Å². The predicted molar refractivity (Wildman–Crippen MR) is 182 cm³/mol. The number of hydrogen-bond acceptors (Lipinski definition) is 7. The highest BCUT2D eigenvalue weighted by atomic mass is 16.6. The third-order valence-electron chi connectivity index (χ3n) is 8.46. The molecule has 0 radical (unpaired) electrons. The molecule has 3 aromatic rings. The number of nitrogens with zero attached hydrogens (tertiary/aromatic N) is 1. The van der Waals surface area contributed by atoms with E-state index in [1.54, 1.807) is 29.2 Å². The maximum Gasteiger partial charge on any atom is 0.332 e. The minimum absolute atomic E-state index is 0.0410. The van der Waals surface area contributed by atoms with E-state index in [2.05, 4.69) is 18.5 Å². The van der Waals surface area contributed by atoms with Crippen LogP contribution in [0, 0.1) is 11.8 Å². The number of carbonyl (C=O) groups is 4. The van der Waals surface area contributed by atoms with Crippen LogP contribution in [0.2, 0.25) is 0 Å². The lowest BCUT2D eigenvalue weighted by Crippen LogP contribution is -2.50. The van der Waals surface area contributed by atoms with Crippen molar-refractivity contribution in [3.05, 3.63) is 132 Å². The summed E-state index contributed by atoms with van der Waals surface area (Å²) < 4.78 is 11.1. The predicted octanol–water partition coefficient (Wildman–Crippen LogP) is 4.72. The number of carbonyl (C=O) groups excluding carboxylic acids is 4. The van der Waals surface area contributed by atoms with Gasteiger partial charge in [0.15, 0.2) is 6.04 Å². The first-order valence-corrected chi connectivity index (χ1v) is 16.2. The second-order valence-corrected chi connectivity index (χ2v) is 12.0. The second-order valence-electron chi connectivity index (χ2n) is 12.0. The fourth-order valence-electron chi connectivity index (χ4n) is 5.79. The Morgan fingerprint density at radius 3 is 2.06 bits per heavy atom. The Morgan fingerprint density at radius 2 is 1.42 bits per heavy atom. The van der Waals surface area contributed by atoms with Crippen molar-refractivity contribution in [3.63, 3.8) is 0 Å². The average molecular weight is 653 g/mol. The van der Waals surface area contributed by atoms with Gasteiger partial charge in [-0.1, -0.05) is 97.1 Å². The monoisotopic (exact) mass is 652 g/mol. The van der Waals surface area contributed by atoms with E-state index in [4.69, 9.17) is 9.47 Å². The molecule has 0 spiro atoms. The molecule has 2 amide bonds. The molecular formula is C39H44N2O7. The van der Waals surface area contributed by atoms with E-state index < -0.39 is 48.4 Å². The van der Waals surface area contributed by atoms with Crippen LogP contribution >= 0.6 is 0 Å². The fourth-order valence-corrected chi connectivity index (χ4v) is 5.79. The van der Waals surface area contributed by atoms with Crippen LogP contribution in [0.1, 0.15) is 41.5 Å². The van der Waals surface area contributed by atoms with Gasteiger partial charge in [-0.05, 0) is 47.9 Å². The molecule has 252 valence electrons. The van der Waals surface area contributed by atoms with E-state index in [-0.39, 0.29) is 32.0 Å². The highest BCUT2D eigenvalue weighted by molar-refractivity contribution is 5.89. The minimum Gasteiger partial charge on any atom is -0.463 e. The first-order valence-electron chi connectivity index (χ1n) is 16.2. The lowest BCUT2D eigenvalue weighted by molar-refractivity contribution is -0.157. The summed E-state index contributed by atoms with van der Waals surface area (Å²) in [5, 5.41) is 12.8. The van der Waals surface area contributed by atoms with Crippen LogP contribution in [0.4, 0.5) is 0 Å². The Morgan fingerprint density at radius 1 is 0.812 bits per heavy atom. The molecule has 9 nitrogen and oxygen atoms in total. The van der Waals surface area contributed by atoms with Crippen molar-refractivity contribution in [1.29, 1.82) is 0 Å². The number of benzene rings is 3. The van der Waals surface area contributed by atoms with Crippen LogP contribution < -0.4 is 5.32 Å². The maximum absolute atomic E-state index is 13.7. The van der Waals surface area contributed by atoms with Crippen molar-refractivity contribution in [2.24, 2.45) is 11.8 Å². The second kappa shape index (κ2) is 18.4. The Hall–Kier alpha value is -5.02. The summed E-state index contributed by atoms with van der Waals surface area (Å²) in [4.78, 5) is 55.4. The number of aliphatic hydroxyl groups is 1. The highest BCUT2D eigenvalue weighted by Crippen LogP contribution is 2.25. The number of rotatable bonds is 17. The van der Waals surface area contributed by atoms with Crippen LogP contribution in [0.25, 0.3) is 0 Å². The van der Waals surface area contributed by atoms with Crippen molar-refractivity contribution in [1.82, 2.24) is 10.2 Å². The summed E-state index contributed by atoms with van der Waals surface area (Å²) in [6.07, 6.45) is 4.47. The standard InChI is InChI=1S/C39H44N2O7/c1-3-13-31(23-36(43)41-24-33-20-12-11-19-30(33)22-34(41)25-42)37(44)40-35(39(46)47-26-29-17-9-6-10-18-29)27-48-38(45)32(14-4-2)21-28-15-7-5-8-16-28/h3-12,15-20,31-32,34-35,42H,1-2,13-14,21-27H2,(H,40,44). The topological polar surface area (TPSA) is 122 Å². The van der Waals surface area contributed by atoms with Crippen LogP contribution in [0.5, 0.6) is 0 Å². The van der Waals surface area contributed by atoms with Gasteiger partial charge < -0.3 is 24.8 Å². The third-order valence-corrected chi connectivity index (χ3v) is 8.46. The summed E-state index contributed by atoms with van der Waals surface area (Å²) in [5.74, 6) is -3.59. The zero-order valence-corrected chi connectivity index (χ0v) is 27.2. The lowest BCUT2D eigenvalue weighted by atomic mass is 9.92. The number of esters is 2. The molecule has 3 aromatic carbocycles. The highest BCUT2D eigenvalue weighted by Gasteiger charge is 2.34. The van der Waals surface area contributed by atoms with Crippen LogP contribution in [-0.2, 0) is 54.6 Å². The molecule has 0 aliphatic carbocycles. The van der Waals surface area contributed by atoms with Crippen LogP contribution in [0.3, 0.4) is 0 Å². The number of amides is 2. The van der Waals surface area contributed by atoms with Gasteiger partial charge in [-0.3, -0.25) is 14.4 Å². The first kappa shape index (κ1) is 35.8. The van der Waals surface area contributed by atoms with E-state index >= 15 is 0 Å². The molecule has 48 heavy (non-hydrogen) atoms. The van der Waals surface area contributed by atoms with E-state index in [0.717, 1.165) is 22.3 Å². The number of nitrogens with one attached hydrogen (secondary N) is 1. The molecule has 0 saturated carbocycles. The average Bonchev–Trinajstić information content (AvgIpc) is 3.11. The largest absolute Gasteiger partial charge is 0.463 e. The summed E-state index contributed by atoms with van der Waals surface area (Å²) in [6, 6.07) is 24.6. The summed E-state index contributed by atoms with van der Waals surface area (Å²) in [7, 11) is 0. The third kappa shape index (κ3) is 10.2. The van der Waals surface area contributed by atoms with E-state index in [1.807, 2.05) is 72.8 Å². The number of allylic oxidation sites excluding steroid dienone is 2. The maximum atomic E-state index is 13.7. The zero-order chi connectivity index (χ0) is 34.3. The molecule has 1 aliphatic heterocycles. The Balaban J connectivity index is 1.46. The summed E-state index contributed by atoms with van der Waals surface area (Å²) in [6.45, 7) is 7.14. The van der Waals surface area contributed by atoms with Crippen LogP contribution in [-0.4, -0.2) is 59.1 Å². The Bertz CT molecular complexity index is 1540. The van der Waals surface area contributed by atoms with Crippen molar-refractivity contribution in [2.75, 3.05) is 13.2 Å². The quantitative estimate of drug-likeness (QED) is 0.160. The number of hydrogen-bond donors (Lipinski definition) is 2. The summed E-state index contributed by atoms with van der Waals surface area (Å²) in [5.41, 5.74) is 3.77. The van der Waals surface area contributed by atoms with Crippen LogP contribution in [0.15, 0.2) is 110 Å². The van der Waals surface area contributed by atoms with Crippen molar-refractivity contribution >= 4 is 23.8 Å². The van der Waals surface area contributed by atoms with Crippen molar-refractivity contribution in [3.8, 4) is 0 Å². The molecule has 4 unspecified atom stereocenters. The first-order chi connectivity index (χ1) is 23.3. The molecule has 4 atom stereocenters. The van der Waals surface area contributed by atoms with E-state index in [9.17, 15) is 24.3 Å². The fraction of sp³-hybridized carbons (Fsp3) is 0.333. The lowest BCUT2D eigenvalue weighted by Gasteiger charge is -2.36. The number of ether oxygens (including phenoxy) is 2. The normalized spacial score (nSPS) is 15.6. The molecule has 9 heteroatoms. The van der Waals surface area contributed by atoms with Gasteiger partial charge in [-0.2, -0.15) is 0 Å². The molecule has 0 saturated heterocycles. The van der Waals surface area contributed by atoms with E-state index in [0.29, 0.717) is 25.8 Å². The number of aliphatic hydroxyl groups excluding tert-OH is 1. The summed E-state index contributed by atoms with van der Waals surface area (Å²) >= 11 is 0. The van der Waals surface area contributed by atoms with Gasteiger partial charge >= 0.3 is 11.9 Å². The minimum atomic E-state index is -1.32. The van der Waals surface area contributed by atoms with Gasteiger partial charge in [0.2, 0.25) is 11.8 Å². The SMILES string of the molecule is C=CCC(CC(=O)N1Cc2ccccc2CC1CO)C(=O)NC(COC(=O)C(CC=C)Cc1ccccc1)C(=O)OCc1ccccc1. The van der Waals surface area contributed by atoms with E-state index in [1.165, 1.54) is 0 Å². The molecule has 0 aromatic heterocycles. The molecule has 1 aliphatic rings. The molecular weight excluding hydrogens is 608 g/mol. The van der Waals surface area contributed by atoms with Gasteiger partial charge in [0.1, 0.15) is 13.2 Å². The van der Waals surface area contributed by atoms with Gasteiger partial charge in [0.05, 0.1) is 24.5 Å². The smallest absolute Gasteiger partial charge is 0.332 e.